The Balaban J connectivity index is 1.58. The van der Waals surface area contributed by atoms with Crippen LogP contribution >= 0.6 is 0 Å². The van der Waals surface area contributed by atoms with E-state index in [4.69, 9.17) is 23.4 Å². The van der Waals surface area contributed by atoms with E-state index in [2.05, 4.69) is 57.4 Å². The van der Waals surface area contributed by atoms with Crippen molar-refractivity contribution in [3.8, 4) is 11.5 Å². The second-order valence-corrected chi connectivity index (χ2v) is 15.5. The van der Waals surface area contributed by atoms with Crippen LogP contribution in [0, 0.1) is 0 Å². The maximum atomic E-state index is 6.88. The molecule has 0 unspecified atom stereocenters. The number of hydrogen-bond acceptors (Lipinski definition) is 6. The minimum absolute atomic E-state index is 0.0592. The second-order valence-electron chi connectivity index (χ2n) is 10.8. The van der Waals surface area contributed by atoms with Crippen LogP contribution in [0.1, 0.15) is 45.7 Å². The number of ether oxygens (including phenoxy) is 4. The zero-order valence-electron chi connectivity index (χ0n) is 19.0. The van der Waals surface area contributed by atoms with Crippen LogP contribution in [0.4, 0.5) is 0 Å². The van der Waals surface area contributed by atoms with Gasteiger partial charge in [-0.2, -0.15) is 0 Å². The van der Waals surface area contributed by atoms with Gasteiger partial charge < -0.3 is 28.7 Å². The lowest BCUT2D eigenvalue weighted by Crippen LogP contribution is -2.57. The summed E-state index contributed by atoms with van der Waals surface area (Å²) in [7, 11) is -2.01. The third kappa shape index (κ3) is 3.22. The van der Waals surface area contributed by atoms with Crippen molar-refractivity contribution in [1.29, 1.82) is 0 Å². The van der Waals surface area contributed by atoms with E-state index >= 15 is 0 Å². The van der Waals surface area contributed by atoms with Crippen molar-refractivity contribution in [2.24, 2.45) is 0 Å². The third-order valence-corrected chi connectivity index (χ3v) is 11.6. The average Bonchev–Trinajstić information content (AvgIpc) is 3.21. The Hall–Kier alpha value is -1.38. The summed E-state index contributed by atoms with van der Waals surface area (Å²) < 4.78 is 30.9. The molecule has 0 aromatic heterocycles. The van der Waals surface area contributed by atoms with Crippen LogP contribution in [0.2, 0.25) is 18.1 Å². The van der Waals surface area contributed by atoms with Gasteiger partial charge in [-0.25, -0.2) is 0 Å². The van der Waals surface area contributed by atoms with Crippen LogP contribution in [0.5, 0.6) is 11.5 Å². The molecule has 164 valence electrons. The molecule has 1 N–H and O–H groups in total. The smallest absolute Gasteiger partial charge is 0.231 e. The zero-order valence-corrected chi connectivity index (χ0v) is 20.0. The van der Waals surface area contributed by atoms with Crippen molar-refractivity contribution >= 4 is 13.9 Å². The number of benzene rings is 1. The van der Waals surface area contributed by atoms with Gasteiger partial charge >= 0.3 is 0 Å². The van der Waals surface area contributed by atoms with Gasteiger partial charge in [0.15, 0.2) is 25.6 Å². The first-order valence-corrected chi connectivity index (χ1v) is 13.8. The summed E-state index contributed by atoms with van der Waals surface area (Å²) in [6.45, 7) is 16.4. The molecule has 4 aliphatic rings. The van der Waals surface area contributed by atoms with Crippen molar-refractivity contribution in [2.75, 3.05) is 6.79 Å². The van der Waals surface area contributed by atoms with Crippen molar-refractivity contribution in [2.45, 2.75) is 89.4 Å². The maximum absolute atomic E-state index is 6.88. The molecule has 3 heterocycles. The predicted octanol–water partition coefficient (Wildman–Crippen LogP) is 4.19. The monoisotopic (exact) mass is 431 g/mol. The minimum Gasteiger partial charge on any atom is -0.454 e. The van der Waals surface area contributed by atoms with E-state index < -0.39 is 14.1 Å². The molecule has 0 radical (unpaired) electrons. The van der Waals surface area contributed by atoms with Crippen molar-refractivity contribution in [1.82, 2.24) is 5.32 Å². The van der Waals surface area contributed by atoms with Crippen LogP contribution in [0.15, 0.2) is 18.2 Å². The highest BCUT2D eigenvalue weighted by atomic mass is 28.4. The predicted molar refractivity (Wildman–Crippen MR) is 117 cm³/mol. The summed E-state index contributed by atoms with van der Waals surface area (Å²) in [5.41, 5.74) is 3.61. The second kappa shape index (κ2) is 6.56. The summed E-state index contributed by atoms with van der Waals surface area (Å²) in [4.78, 5) is 0. The molecule has 1 aliphatic carbocycles. The Morgan fingerprint density at radius 2 is 1.73 bits per heavy atom. The van der Waals surface area contributed by atoms with E-state index in [0.29, 0.717) is 0 Å². The van der Waals surface area contributed by atoms with Gasteiger partial charge in [0.1, 0.15) is 12.2 Å². The molecular weight excluding hydrogens is 398 g/mol. The Morgan fingerprint density at radius 1 is 1.07 bits per heavy atom. The number of nitrogens with one attached hydrogen (secondary N) is 1. The van der Waals surface area contributed by atoms with Crippen LogP contribution in [0.3, 0.4) is 0 Å². The fourth-order valence-corrected chi connectivity index (χ4v) is 5.84. The fourth-order valence-electron chi connectivity index (χ4n) is 4.60. The number of hydrogen-bond donors (Lipinski definition) is 1. The van der Waals surface area contributed by atoms with Gasteiger partial charge in [0, 0.05) is 6.54 Å². The first kappa shape index (κ1) is 20.5. The summed E-state index contributed by atoms with van der Waals surface area (Å²) in [5, 5.41) is 3.79. The normalized spacial score (nSPS) is 31.6. The molecule has 1 aromatic rings. The average molecular weight is 432 g/mol. The Morgan fingerprint density at radius 3 is 2.43 bits per heavy atom. The summed E-state index contributed by atoms with van der Waals surface area (Å²) >= 11 is 0. The van der Waals surface area contributed by atoms with Gasteiger partial charge in [-0.3, -0.25) is 0 Å². The highest BCUT2D eigenvalue weighted by molar-refractivity contribution is 6.74. The van der Waals surface area contributed by atoms with Crippen molar-refractivity contribution in [3.05, 3.63) is 29.3 Å². The van der Waals surface area contributed by atoms with E-state index in [1.165, 1.54) is 16.7 Å². The standard InChI is InChI=1S/C23H33NO5Si/c1-22(2,3)30(6,7)29-18-10-15-14-9-17-16(25-12-26-17)8-13(14)11-24-19(15)21-20(18)27-23(4,5)28-21/h8-10,18-21,24H,11-12H2,1-7H3/t18-,19+,20-,21-/m0/s1. The van der Waals surface area contributed by atoms with Crippen LogP contribution < -0.4 is 14.8 Å². The Kier molecular flexibility index (Phi) is 4.49. The molecule has 0 bridgehead atoms. The lowest BCUT2D eigenvalue weighted by molar-refractivity contribution is -0.152. The SMILES string of the molecule is CC1(C)O[C@@H]2[C@@H](O1)[C@@H]1NCc3cc4c(cc3C1=C[C@@H]2O[Si](C)(C)C(C)(C)C)OCO4. The molecule has 3 aliphatic heterocycles. The van der Waals surface area contributed by atoms with E-state index in [1.807, 2.05) is 13.8 Å². The molecule has 1 fully saturated rings. The molecule has 1 saturated heterocycles. The zero-order chi connectivity index (χ0) is 21.5. The fraction of sp³-hybridized carbons (Fsp3) is 0.652. The molecule has 30 heavy (non-hydrogen) atoms. The molecule has 0 saturated carbocycles. The molecule has 6 nitrogen and oxygen atoms in total. The van der Waals surface area contributed by atoms with Crippen LogP contribution in [-0.4, -0.2) is 45.3 Å². The molecular formula is C23H33NO5Si. The first-order valence-electron chi connectivity index (χ1n) is 10.9. The Labute approximate surface area is 180 Å². The summed E-state index contributed by atoms with van der Waals surface area (Å²) in [5.74, 6) is 0.993. The largest absolute Gasteiger partial charge is 0.454 e. The van der Waals surface area contributed by atoms with E-state index in [0.717, 1.165) is 18.0 Å². The molecule has 5 rings (SSSR count). The third-order valence-electron chi connectivity index (χ3n) is 7.15. The molecule has 0 amide bonds. The maximum Gasteiger partial charge on any atom is 0.231 e. The highest BCUT2D eigenvalue weighted by Crippen LogP contribution is 2.47. The molecule has 0 spiro atoms. The molecule has 7 heteroatoms. The number of fused-ring (bicyclic) bond motifs is 6. The van der Waals surface area contributed by atoms with Gasteiger partial charge in [0.05, 0.1) is 12.1 Å². The summed E-state index contributed by atoms with van der Waals surface area (Å²) in [6.07, 6.45) is 1.88. The van der Waals surface area contributed by atoms with E-state index in [-0.39, 0.29) is 36.2 Å². The Bertz CT molecular complexity index is 904. The van der Waals surface area contributed by atoms with Crippen LogP contribution in [0.25, 0.3) is 5.57 Å². The van der Waals surface area contributed by atoms with E-state index in [9.17, 15) is 0 Å². The van der Waals surface area contributed by atoms with Crippen molar-refractivity contribution in [3.63, 3.8) is 0 Å². The molecule has 1 aromatic carbocycles. The number of rotatable bonds is 2. The lowest BCUT2D eigenvalue weighted by atomic mass is 9.80. The van der Waals surface area contributed by atoms with Gasteiger partial charge in [-0.1, -0.05) is 20.8 Å². The lowest BCUT2D eigenvalue weighted by Gasteiger charge is -2.45. The minimum atomic E-state index is -2.01. The van der Waals surface area contributed by atoms with Gasteiger partial charge in [-0.05, 0) is 66.9 Å². The summed E-state index contributed by atoms with van der Waals surface area (Å²) in [6, 6.07) is 4.26. The quantitative estimate of drug-likeness (QED) is 0.709. The van der Waals surface area contributed by atoms with E-state index in [1.54, 1.807) is 0 Å². The van der Waals surface area contributed by atoms with Crippen molar-refractivity contribution < 1.29 is 23.4 Å². The van der Waals surface area contributed by atoms with Gasteiger partial charge in [0.25, 0.3) is 0 Å². The molecule has 4 atom stereocenters. The van der Waals surface area contributed by atoms with Gasteiger partial charge in [0.2, 0.25) is 6.79 Å². The van der Waals surface area contributed by atoms with Gasteiger partial charge in [-0.15, -0.1) is 0 Å². The van der Waals surface area contributed by atoms with Crippen LogP contribution in [-0.2, 0) is 20.4 Å². The topological polar surface area (TPSA) is 58.2 Å². The highest BCUT2D eigenvalue weighted by Gasteiger charge is 2.54. The first-order chi connectivity index (χ1) is 14.0.